The normalized spacial score (nSPS) is 11.1. The van der Waals surface area contributed by atoms with E-state index in [1.807, 2.05) is 35.8 Å². The number of H-pyrrole nitrogens is 1. The van der Waals surface area contributed by atoms with Crippen molar-refractivity contribution in [2.24, 2.45) is 0 Å². The summed E-state index contributed by atoms with van der Waals surface area (Å²) < 4.78 is 15.9. The molecule has 0 saturated heterocycles. The summed E-state index contributed by atoms with van der Waals surface area (Å²) in [5.74, 6) is -0.456. The van der Waals surface area contributed by atoms with Crippen molar-refractivity contribution >= 4 is 34.9 Å². The molecule has 0 atom stereocenters. The van der Waals surface area contributed by atoms with Gasteiger partial charge in [-0.25, -0.2) is 4.39 Å². The van der Waals surface area contributed by atoms with Crippen molar-refractivity contribution in [2.45, 2.75) is 6.92 Å². The summed E-state index contributed by atoms with van der Waals surface area (Å²) in [6.45, 7) is 2.00. The van der Waals surface area contributed by atoms with Gasteiger partial charge in [-0.3, -0.25) is 4.57 Å². The van der Waals surface area contributed by atoms with Crippen LogP contribution in [-0.2, 0) is 0 Å². The number of nitrogens with one attached hydrogen (secondary N) is 1. The molecule has 0 aliphatic heterocycles. The first-order valence-corrected chi connectivity index (χ1v) is 6.52. The number of halogens is 2. The number of benzene rings is 2. The van der Waals surface area contributed by atoms with E-state index in [1.165, 1.54) is 6.07 Å². The molecule has 96 valence electrons. The van der Waals surface area contributed by atoms with E-state index in [2.05, 4.69) is 4.98 Å². The highest BCUT2D eigenvalue weighted by Crippen LogP contribution is 2.26. The lowest BCUT2D eigenvalue weighted by Gasteiger charge is -2.08. The molecule has 5 heteroatoms. The van der Waals surface area contributed by atoms with Gasteiger partial charge in [0.05, 0.1) is 21.7 Å². The fourth-order valence-corrected chi connectivity index (χ4v) is 2.62. The van der Waals surface area contributed by atoms with Crippen LogP contribution in [0.1, 0.15) is 5.56 Å². The minimum absolute atomic E-state index is 0.0869. The number of para-hydroxylation sites is 1. The van der Waals surface area contributed by atoms with E-state index in [1.54, 1.807) is 6.07 Å². The van der Waals surface area contributed by atoms with Crippen LogP contribution in [-0.4, -0.2) is 9.55 Å². The Morgan fingerprint density at radius 3 is 2.74 bits per heavy atom. The summed E-state index contributed by atoms with van der Waals surface area (Å²) in [4.78, 5) is 3.00. The maximum absolute atomic E-state index is 13.5. The molecule has 1 N–H and O–H groups in total. The number of fused-ring (bicyclic) bond motifs is 1. The SMILES string of the molecule is Cc1ccccc1-n1c(=S)[nH]c2cc(F)c(Cl)cc21. The van der Waals surface area contributed by atoms with E-state index >= 15 is 0 Å². The van der Waals surface area contributed by atoms with E-state index in [-0.39, 0.29) is 5.02 Å². The first kappa shape index (κ1) is 12.4. The van der Waals surface area contributed by atoms with Gasteiger partial charge in [0.15, 0.2) is 4.77 Å². The lowest BCUT2D eigenvalue weighted by molar-refractivity contribution is 0.630. The zero-order chi connectivity index (χ0) is 13.6. The predicted octanol–water partition coefficient (Wildman–Crippen LogP) is 4.79. The monoisotopic (exact) mass is 292 g/mol. The number of aromatic amines is 1. The number of imidazole rings is 1. The van der Waals surface area contributed by atoms with Crippen LogP contribution in [0.4, 0.5) is 4.39 Å². The average Bonchev–Trinajstić information content (AvgIpc) is 2.66. The molecule has 0 radical (unpaired) electrons. The molecule has 0 aliphatic carbocycles. The van der Waals surface area contributed by atoms with Crippen LogP contribution in [0.2, 0.25) is 5.02 Å². The Balaban J connectivity index is 2.42. The molecular weight excluding hydrogens is 283 g/mol. The number of hydrogen-bond donors (Lipinski definition) is 1. The first-order chi connectivity index (χ1) is 9.08. The van der Waals surface area contributed by atoms with Gasteiger partial charge in [0.2, 0.25) is 0 Å². The van der Waals surface area contributed by atoms with E-state index in [0.717, 1.165) is 16.8 Å². The molecule has 3 rings (SSSR count). The van der Waals surface area contributed by atoms with Gasteiger partial charge in [-0.2, -0.15) is 0 Å². The summed E-state index contributed by atoms with van der Waals surface area (Å²) in [5.41, 5.74) is 3.45. The molecule has 0 bridgehead atoms. The molecule has 0 unspecified atom stereocenters. The Morgan fingerprint density at radius 2 is 2.00 bits per heavy atom. The number of rotatable bonds is 1. The second-order valence-corrected chi connectivity index (χ2v) is 5.13. The van der Waals surface area contributed by atoms with Crippen LogP contribution in [0.15, 0.2) is 36.4 Å². The molecule has 3 aromatic rings. The van der Waals surface area contributed by atoms with Crippen LogP contribution in [0.5, 0.6) is 0 Å². The van der Waals surface area contributed by atoms with Crippen molar-refractivity contribution in [2.75, 3.05) is 0 Å². The number of aromatic nitrogens is 2. The predicted molar refractivity (Wildman–Crippen MR) is 78.2 cm³/mol. The lowest BCUT2D eigenvalue weighted by atomic mass is 10.2. The third-order valence-corrected chi connectivity index (χ3v) is 3.65. The van der Waals surface area contributed by atoms with Gasteiger partial charge >= 0.3 is 0 Å². The summed E-state index contributed by atoms with van der Waals surface area (Å²) in [5, 5.41) is 0.0869. The molecule has 0 spiro atoms. The molecule has 1 aromatic heterocycles. The van der Waals surface area contributed by atoms with Crippen molar-refractivity contribution in [1.82, 2.24) is 9.55 Å². The zero-order valence-corrected chi connectivity index (χ0v) is 11.6. The Bertz CT molecular complexity index is 835. The minimum Gasteiger partial charge on any atom is -0.330 e. The van der Waals surface area contributed by atoms with E-state index in [0.29, 0.717) is 10.3 Å². The maximum atomic E-state index is 13.5. The molecular formula is C14H10ClFN2S. The third kappa shape index (κ3) is 1.97. The zero-order valence-electron chi connectivity index (χ0n) is 10.1. The van der Waals surface area contributed by atoms with Crippen LogP contribution in [0.3, 0.4) is 0 Å². The highest BCUT2D eigenvalue weighted by molar-refractivity contribution is 7.71. The maximum Gasteiger partial charge on any atom is 0.182 e. The molecule has 0 fully saturated rings. The fourth-order valence-electron chi connectivity index (χ4n) is 2.16. The molecule has 0 aliphatic rings. The minimum atomic E-state index is -0.456. The van der Waals surface area contributed by atoms with Crippen molar-refractivity contribution in [3.63, 3.8) is 0 Å². The number of hydrogen-bond acceptors (Lipinski definition) is 1. The van der Waals surface area contributed by atoms with Crippen LogP contribution < -0.4 is 0 Å². The van der Waals surface area contributed by atoms with E-state index in [4.69, 9.17) is 23.8 Å². The van der Waals surface area contributed by atoms with Gasteiger partial charge in [0.25, 0.3) is 0 Å². The fraction of sp³-hybridized carbons (Fsp3) is 0.0714. The van der Waals surface area contributed by atoms with Crippen molar-refractivity contribution in [1.29, 1.82) is 0 Å². The van der Waals surface area contributed by atoms with Crippen molar-refractivity contribution in [3.8, 4) is 5.69 Å². The average molecular weight is 293 g/mol. The van der Waals surface area contributed by atoms with Gasteiger partial charge < -0.3 is 4.98 Å². The standard InChI is InChI=1S/C14H10ClFN2S/c1-8-4-2-3-5-12(8)18-13-6-9(15)10(16)7-11(13)17-14(18)19/h2-7H,1H3,(H,17,19). The van der Waals surface area contributed by atoms with Gasteiger partial charge in [0, 0.05) is 6.07 Å². The molecule has 1 heterocycles. The molecule has 0 amide bonds. The van der Waals surface area contributed by atoms with Crippen molar-refractivity contribution in [3.05, 3.63) is 57.6 Å². The van der Waals surface area contributed by atoms with Crippen molar-refractivity contribution < 1.29 is 4.39 Å². The molecule has 19 heavy (non-hydrogen) atoms. The van der Waals surface area contributed by atoms with Gasteiger partial charge in [-0.1, -0.05) is 29.8 Å². The summed E-state index contributed by atoms with van der Waals surface area (Å²) >= 11 is 11.2. The largest absolute Gasteiger partial charge is 0.330 e. The summed E-state index contributed by atoms with van der Waals surface area (Å²) in [6, 6.07) is 10.8. The Labute approximate surface area is 119 Å². The summed E-state index contributed by atoms with van der Waals surface area (Å²) in [7, 11) is 0. The molecule has 2 nitrogen and oxygen atoms in total. The molecule has 2 aromatic carbocycles. The summed E-state index contributed by atoms with van der Waals surface area (Å²) in [6.07, 6.45) is 0. The Morgan fingerprint density at radius 1 is 1.26 bits per heavy atom. The topological polar surface area (TPSA) is 20.7 Å². The quantitative estimate of drug-likeness (QED) is 0.640. The van der Waals surface area contributed by atoms with Crippen LogP contribution in [0, 0.1) is 17.5 Å². The Hall–Kier alpha value is -1.65. The lowest BCUT2D eigenvalue weighted by Crippen LogP contribution is -1.96. The molecule has 0 saturated carbocycles. The second-order valence-electron chi connectivity index (χ2n) is 4.34. The first-order valence-electron chi connectivity index (χ1n) is 5.73. The number of nitrogens with zero attached hydrogens (tertiary/aromatic N) is 1. The second kappa shape index (κ2) is 4.47. The van der Waals surface area contributed by atoms with Gasteiger partial charge in [-0.15, -0.1) is 0 Å². The third-order valence-electron chi connectivity index (χ3n) is 3.08. The van der Waals surface area contributed by atoms with Gasteiger partial charge in [0.1, 0.15) is 5.82 Å². The highest BCUT2D eigenvalue weighted by Gasteiger charge is 2.11. The van der Waals surface area contributed by atoms with Crippen LogP contribution >= 0.6 is 23.8 Å². The number of aryl methyl sites for hydroxylation is 1. The van der Waals surface area contributed by atoms with Crippen LogP contribution in [0.25, 0.3) is 16.7 Å². The van der Waals surface area contributed by atoms with E-state index < -0.39 is 5.82 Å². The van der Waals surface area contributed by atoms with Gasteiger partial charge in [-0.05, 0) is 36.8 Å². The smallest absolute Gasteiger partial charge is 0.182 e. The van der Waals surface area contributed by atoms with E-state index in [9.17, 15) is 4.39 Å². The Kier molecular flexibility index (Phi) is 2.92. The highest BCUT2D eigenvalue weighted by atomic mass is 35.5.